The summed E-state index contributed by atoms with van der Waals surface area (Å²) in [6, 6.07) is 10.6. The number of hydrogen-bond acceptors (Lipinski definition) is 3. The molecule has 1 amide bonds. The second-order valence-corrected chi connectivity index (χ2v) is 6.14. The van der Waals surface area contributed by atoms with E-state index in [4.69, 9.17) is 5.73 Å². The molecule has 0 aliphatic heterocycles. The van der Waals surface area contributed by atoms with Gasteiger partial charge in [-0.2, -0.15) is 0 Å². The minimum atomic E-state index is 0. The monoisotopic (exact) mass is 361 g/mol. The van der Waals surface area contributed by atoms with E-state index in [9.17, 15) is 4.79 Å². The van der Waals surface area contributed by atoms with Crippen molar-refractivity contribution < 1.29 is 4.79 Å². The molecular formula is C17H29Cl2N3O. The maximum Gasteiger partial charge on any atom is 0.223 e. The minimum Gasteiger partial charge on any atom is -0.355 e. The van der Waals surface area contributed by atoms with Gasteiger partial charge in [-0.1, -0.05) is 36.8 Å². The number of rotatable bonds is 6. The third-order valence-corrected chi connectivity index (χ3v) is 4.17. The Morgan fingerprint density at radius 2 is 1.96 bits per heavy atom. The number of hydrogen-bond donors (Lipinski definition) is 2. The fourth-order valence-electron chi connectivity index (χ4n) is 2.95. The first-order chi connectivity index (χ1) is 10.1. The quantitative estimate of drug-likeness (QED) is 0.818. The van der Waals surface area contributed by atoms with Crippen LogP contribution in [-0.4, -0.2) is 37.0 Å². The van der Waals surface area contributed by atoms with E-state index in [1.807, 2.05) is 6.07 Å². The average Bonchev–Trinajstić information content (AvgIpc) is 2.48. The Balaban J connectivity index is 0.00000242. The van der Waals surface area contributed by atoms with E-state index >= 15 is 0 Å². The molecule has 1 aliphatic rings. The van der Waals surface area contributed by atoms with Crippen molar-refractivity contribution in [3.05, 3.63) is 35.9 Å². The molecule has 6 heteroatoms. The Morgan fingerprint density at radius 1 is 1.26 bits per heavy atom. The third kappa shape index (κ3) is 8.02. The molecule has 132 valence electrons. The second-order valence-electron chi connectivity index (χ2n) is 6.14. The van der Waals surface area contributed by atoms with Gasteiger partial charge in [0, 0.05) is 31.6 Å². The van der Waals surface area contributed by atoms with Gasteiger partial charge in [-0.15, -0.1) is 24.8 Å². The molecule has 0 bridgehead atoms. The standard InChI is InChI=1S/C17H27N3O.2ClH/c1-20(13-14-6-3-2-4-7-14)11-10-19-17(21)15-8-5-9-16(18)12-15;;/h2-4,6-7,15-16H,5,8-13,18H2,1H3,(H,19,21);2*1H. The van der Waals surface area contributed by atoms with Crippen LogP contribution < -0.4 is 11.1 Å². The lowest BCUT2D eigenvalue weighted by molar-refractivity contribution is -0.126. The van der Waals surface area contributed by atoms with Crippen molar-refractivity contribution >= 4 is 30.7 Å². The van der Waals surface area contributed by atoms with Crippen LogP contribution in [0.2, 0.25) is 0 Å². The second kappa shape index (κ2) is 11.7. The Bertz CT molecular complexity index is 445. The molecule has 1 aromatic carbocycles. The lowest BCUT2D eigenvalue weighted by atomic mass is 9.85. The van der Waals surface area contributed by atoms with Crippen LogP contribution in [0, 0.1) is 5.92 Å². The number of likely N-dealkylation sites (N-methyl/N-ethyl adjacent to an activating group) is 1. The zero-order valence-corrected chi connectivity index (χ0v) is 15.4. The molecule has 1 saturated carbocycles. The van der Waals surface area contributed by atoms with E-state index in [1.165, 1.54) is 5.56 Å². The van der Waals surface area contributed by atoms with Crippen molar-refractivity contribution in [3.63, 3.8) is 0 Å². The van der Waals surface area contributed by atoms with E-state index in [1.54, 1.807) is 0 Å². The lowest BCUT2D eigenvalue weighted by Gasteiger charge is -2.26. The van der Waals surface area contributed by atoms with E-state index in [2.05, 4.69) is 41.5 Å². The summed E-state index contributed by atoms with van der Waals surface area (Å²) in [6.45, 7) is 2.47. The maximum atomic E-state index is 12.1. The summed E-state index contributed by atoms with van der Waals surface area (Å²) < 4.78 is 0. The molecular weight excluding hydrogens is 333 g/mol. The molecule has 0 radical (unpaired) electrons. The Labute approximate surface area is 152 Å². The lowest BCUT2D eigenvalue weighted by Crippen LogP contribution is -2.40. The van der Waals surface area contributed by atoms with Crippen LogP contribution in [-0.2, 0) is 11.3 Å². The molecule has 2 atom stereocenters. The van der Waals surface area contributed by atoms with Gasteiger partial charge >= 0.3 is 0 Å². The van der Waals surface area contributed by atoms with Crippen LogP contribution in [0.4, 0.5) is 0 Å². The number of nitrogens with one attached hydrogen (secondary N) is 1. The number of amides is 1. The van der Waals surface area contributed by atoms with Crippen LogP contribution in [0.5, 0.6) is 0 Å². The molecule has 3 N–H and O–H groups in total. The van der Waals surface area contributed by atoms with Gasteiger partial charge in [0.2, 0.25) is 5.91 Å². The fourth-order valence-corrected chi connectivity index (χ4v) is 2.95. The molecule has 0 saturated heterocycles. The minimum absolute atomic E-state index is 0. The van der Waals surface area contributed by atoms with Crippen molar-refractivity contribution in [2.75, 3.05) is 20.1 Å². The first kappa shape index (κ1) is 22.2. The highest BCUT2D eigenvalue weighted by atomic mass is 35.5. The number of halogens is 2. The first-order valence-corrected chi connectivity index (χ1v) is 7.91. The summed E-state index contributed by atoms with van der Waals surface area (Å²) in [6.07, 6.45) is 3.96. The average molecular weight is 362 g/mol. The van der Waals surface area contributed by atoms with Crippen molar-refractivity contribution in [2.45, 2.75) is 38.3 Å². The highest BCUT2D eigenvalue weighted by Gasteiger charge is 2.24. The largest absolute Gasteiger partial charge is 0.355 e. The highest BCUT2D eigenvalue weighted by Crippen LogP contribution is 2.22. The molecule has 1 aromatic rings. The van der Waals surface area contributed by atoms with Gasteiger partial charge in [-0.3, -0.25) is 4.79 Å². The summed E-state index contributed by atoms with van der Waals surface area (Å²) in [7, 11) is 2.08. The zero-order chi connectivity index (χ0) is 15.1. The van der Waals surface area contributed by atoms with Crippen LogP contribution >= 0.6 is 24.8 Å². The van der Waals surface area contributed by atoms with E-state index in [-0.39, 0.29) is 42.7 Å². The van der Waals surface area contributed by atoms with Gasteiger partial charge in [0.25, 0.3) is 0 Å². The topological polar surface area (TPSA) is 58.4 Å². The van der Waals surface area contributed by atoms with E-state index in [0.717, 1.165) is 38.8 Å². The van der Waals surface area contributed by atoms with Gasteiger partial charge in [-0.25, -0.2) is 0 Å². The predicted octanol–water partition coefficient (Wildman–Crippen LogP) is 2.60. The van der Waals surface area contributed by atoms with Gasteiger partial charge in [0.05, 0.1) is 0 Å². The van der Waals surface area contributed by atoms with Crippen molar-refractivity contribution in [1.29, 1.82) is 0 Å². The number of benzene rings is 1. The Hall–Kier alpha value is -0.810. The van der Waals surface area contributed by atoms with Gasteiger partial charge in [0.1, 0.15) is 0 Å². The number of carbonyl (C=O) groups is 1. The Kier molecular flexibility index (Phi) is 11.3. The molecule has 4 nitrogen and oxygen atoms in total. The number of nitrogens with zero attached hydrogens (tertiary/aromatic N) is 1. The maximum absolute atomic E-state index is 12.1. The molecule has 0 aromatic heterocycles. The third-order valence-electron chi connectivity index (χ3n) is 4.17. The van der Waals surface area contributed by atoms with Crippen molar-refractivity contribution in [2.24, 2.45) is 11.7 Å². The van der Waals surface area contributed by atoms with Crippen LogP contribution in [0.1, 0.15) is 31.2 Å². The van der Waals surface area contributed by atoms with Gasteiger partial charge < -0.3 is 16.0 Å². The summed E-state index contributed by atoms with van der Waals surface area (Å²) in [5.41, 5.74) is 7.23. The van der Waals surface area contributed by atoms with Gasteiger partial charge in [0.15, 0.2) is 0 Å². The van der Waals surface area contributed by atoms with Crippen molar-refractivity contribution in [1.82, 2.24) is 10.2 Å². The number of nitrogens with two attached hydrogens (primary N) is 1. The zero-order valence-electron chi connectivity index (χ0n) is 13.7. The summed E-state index contributed by atoms with van der Waals surface area (Å²) in [4.78, 5) is 14.3. The molecule has 2 rings (SSSR count). The molecule has 1 fully saturated rings. The Morgan fingerprint density at radius 3 is 2.61 bits per heavy atom. The van der Waals surface area contributed by atoms with E-state index < -0.39 is 0 Å². The summed E-state index contributed by atoms with van der Waals surface area (Å²) in [5, 5.41) is 3.05. The molecule has 0 heterocycles. The molecule has 1 aliphatic carbocycles. The van der Waals surface area contributed by atoms with Crippen LogP contribution in [0.3, 0.4) is 0 Å². The summed E-state index contributed by atoms with van der Waals surface area (Å²) in [5.74, 6) is 0.298. The normalized spacial score (nSPS) is 20.3. The van der Waals surface area contributed by atoms with Crippen molar-refractivity contribution in [3.8, 4) is 0 Å². The molecule has 2 unspecified atom stereocenters. The number of carbonyl (C=O) groups excluding carboxylic acids is 1. The molecule has 0 spiro atoms. The van der Waals surface area contributed by atoms with Gasteiger partial charge in [-0.05, 0) is 31.9 Å². The SMILES string of the molecule is CN(CCNC(=O)C1CCCC(N)C1)Cc1ccccc1.Cl.Cl. The van der Waals surface area contributed by atoms with E-state index in [0.29, 0.717) is 6.54 Å². The predicted molar refractivity (Wildman–Crippen MR) is 100 cm³/mol. The fraction of sp³-hybridized carbons (Fsp3) is 0.588. The van der Waals surface area contributed by atoms with Crippen LogP contribution in [0.15, 0.2) is 30.3 Å². The first-order valence-electron chi connectivity index (χ1n) is 7.91. The smallest absolute Gasteiger partial charge is 0.223 e. The summed E-state index contributed by atoms with van der Waals surface area (Å²) >= 11 is 0. The molecule has 23 heavy (non-hydrogen) atoms. The van der Waals surface area contributed by atoms with Crippen LogP contribution in [0.25, 0.3) is 0 Å². The highest BCUT2D eigenvalue weighted by molar-refractivity contribution is 5.85.